The topological polar surface area (TPSA) is 26.0 Å². The second-order valence-electron chi connectivity index (χ2n) is 3.37. The lowest BCUT2D eigenvalue weighted by Gasteiger charge is -2.13. The largest absolute Gasteiger partial charge is 0.330 e. The minimum absolute atomic E-state index is 0.428. The summed E-state index contributed by atoms with van der Waals surface area (Å²) in [6.45, 7) is 6.53. The van der Waals surface area contributed by atoms with Gasteiger partial charge in [-0.2, -0.15) is 0 Å². The first-order valence-electron chi connectivity index (χ1n) is 4.65. The molecule has 0 saturated carbocycles. The third-order valence-electron chi connectivity index (χ3n) is 2.25. The number of hydrogen-bond donors (Lipinski definition) is 1. The van der Waals surface area contributed by atoms with Gasteiger partial charge in [0, 0.05) is 0 Å². The van der Waals surface area contributed by atoms with E-state index in [1.807, 2.05) is 6.08 Å². The molecule has 0 aliphatic heterocycles. The van der Waals surface area contributed by atoms with E-state index in [9.17, 15) is 0 Å². The summed E-state index contributed by atoms with van der Waals surface area (Å²) in [6.07, 6.45) is 2.89. The molecule has 70 valence electrons. The minimum Gasteiger partial charge on any atom is -0.330 e. The van der Waals surface area contributed by atoms with Crippen molar-refractivity contribution in [2.45, 2.75) is 19.3 Å². The Balaban J connectivity index is 2.84. The fourth-order valence-electron chi connectivity index (χ4n) is 1.49. The highest BCUT2D eigenvalue weighted by Gasteiger charge is 2.06. The van der Waals surface area contributed by atoms with Crippen LogP contribution >= 0.6 is 0 Å². The van der Waals surface area contributed by atoms with Crippen LogP contribution < -0.4 is 5.73 Å². The Labute approximate surface area is 80.3 Å². The van der Waals surface area contributed by atoms with E-state index in [0.717, 1.165) is 6.42 Å². The van der Waals surface area contributed by atoms with Crippen molar-refractivity contribution in [1.29, 1.82) is 0 Å². The normalized spacial score (nSPS) is 12.5. The molecular formula is C12H17N. The van der Waals surface area contributed by atoms with Gasteiger partial charge in [0.2, 0.25) is 0 Å². The molecule has 1 rings (SSSR count). The minimum atomic E-state index is 0.428. The van der Waals surface area contributed by atoms with Gasteiger partial charge < -0.3 is 5.73 Å². The summed E-state index contributed by atoms with van der Waals surface area (Å²) in [5.41, 5.74) is 8.31. The average molecular weight is 175 g/mol. The van der Waals surface area contributed by atoms with Crippen molar-refractivity contribution in [3.63, 3.8) is 0 Å². The first-order valence-corrected chi connectivity index (χ1v) is 4.65. The van der Waals surface area contributed by atoms with E-state index in [-0.39, 0.29) is 0 Å². The quantitative estimate of drug-likeness (QED) is 0.699. The van der Waals surface area contributed by atoms with E-state index >= 15 is 0 Å². The highest BCUT2D eigenvalue weighted by Crippen LogP contribution is 2.19. The Morgan fingerprint density at radius 2 is 2.31 bits per heavy atom. The summed E-state index contributed by atoms with van der Waals surface area (Å²) >= 11 is 0. The van der Waals surface area contributed by atoms with Crippen molar-refractivity contribution in [1.82, 2.24) is 0 Å². The van der Waals surface area contributed by atoms with Gasteiger partial charge in [0.05, 0.1) is 0 Å². The molecule has 0 amide bonds. The van der Waals surface area contributed by atoms with Crippen molar-refractivity contribution in [3.8, 4) is 0 Å². The summed E-state index contributed by atoms with van der Waals surface area (Å²) in [4.78, 5) is 0. The summed E-state index contributed by atoms with van der Waals surface area (Å²) in [6, 6.07) is 8.51. The number of rotatable bonds is 4. The Hall–Kier alpha value is -1.08. The third-order valence-corrected chi connectivity index (χ3v) is 2.25. The second kappa shape index (κ2) is 4.83. The molecule has 2 N–H and O–H groups in total. The van der Waals surface area contributed by atoms with Crippen LogP contribution in [0, 0.1) is 6.92 Å². The van der Waals surface area contributed by atoms with Crippen LogP contribution in [0.3, 0.4) is 0 Å². The van der Waals surface area contributed by atoms with Crippen molar-refractivity contribution in [3.05, 3.63) is 48.0 Å². The van der Waals surface area contributed by atoms with Crippen LogP contribution in [0.2, 0.25) is 0 Å². The molecule has 1 aromatic carbocycles. The van der Waals surface area contributed by atoms with Crippen LogP contribution in [0.1, 0.15) is 23.5 Å². The molecule has 0 aromatic heterocycles. The van der Waals surface area contributed by atoms with E-state index in [2.05, 4.69) is 37.8 Å². The lowest BCUT2D eigenvalue weighted by Crippen LogP contribution is -2.11. The van der Waals surface area contributed by atoms with Gasteiger partial charge in [0.15, 0.2) is 0 Å². The maximum Gasteiger partial charge on any atom is -0.000433 e. The summed E-state index contributed by atoms with van der Waals surface area (Å²) in [5, 5.41) is 0. The molecule has 0 heterocycles. The molecule has 0 bridgehead atoms. The van der Waals surface area contributed by atoms with E-state index < -0.39 is 0 Å². The van der Waals surface area contributed by atoms with Crippen LogP contribution in [0.4, 0.5) is 0 Å². The zero-order valence-corrected chi connectivity index (χ0v) is 8.16. The fraction of sp³-hybridized carbons (Fsp3) is 0.333. The SMILES string of the molecule is C=CCC(CN)c1cccc(C)c1. The second-order valence-corrected chi connectivity index (χ2v) is 3.37. The molecule has 0 fully saturated rings. The molecule has 0 aliphatic rings. The first-order chi connectivity index (χ1) is 6.27. The average Bonchev–Trinajstić information content (AvgIpc) is 2.14. The van der Waals surface area contributed by atoms with Crippen LogP contribution in [0.5, 0.6) is 0 Å². The highest BCUT2D eigenvalue weighted by atomic mass is 14.5. The van der Waals surface area contributed by atoms with Crippen LogP contribution in [0.15, 0.2) is 36.9 Å². The van der Waals surface area contributed by atoms with Crippen LogP contribution in [0.25, 0.3) is 0 Å². The lowest BCUT2D eigenvalue weighted by atomic mass is 9.95. The lowest BCUT2D eigenvalue weighted by molar-refractivity contribution is 0.710. The number of hydrogen-bond acceptors (Lipinski definition) is 1. The smallest absolute Gasteiger partial charge is 0.000433 e. The predicted molar refractivity (Wildman–Crippen MR) is 57.8 cm³/mol. The molecule has 1 atom stereocenters. The van der Waals surface area contributed by atoms with Gasteiger partial charge in [-0.15, -0.1) is 6.58 Å². The molecule has 13 heavy (non-hydrogen) atoms. The van der Waals surface area contributed by atoms with Crippen molar-refractivity contribution < 1.29 is 0 Å². The Kier molecular flexibility index (Phi) is 3.71. The van der Waals surface area contributed by atoms with Gasteiger partial charge in [0.1, 0.15) is 0 Å². The Morgan fingerprint density at radius 3 is 2.85 bits per heavy atom. The van der Waals surface area contributed by atoms with Gasteiger partial charge in [-0.1, -0.05) is 35.9 Å². The van der Waals surface area contributed by atoms with Gasteiger partial charge in [0.25, 0.3) is 0 Å². The van der Waals surface area contributed by atoms with Gasteiger partial charge in [-0.05, 0) is 31.4 Å². The fourth-order valence-corrected chi connectivity index (χ4v) is 1.49. The van der Waals surface area contributed by atoms with Crippen molar-refractivity contribution in [2.75, 3.05) is 6.54 Å². The highest BCUT2D eigenvalue weighted by molar-refractivity contribution is 5.26. The maximum atomic E-state index is 5.69. The molecule has 0 spiro atoms. The molecule has 0 radical (unpaired) electrons. The number of nitrogens with two attached hydrogens (primary N) is 1. The summed E-state index contributed by atoms with van der Waals surface area (Å²) < 4.78 is 0. The number of benzene rings is 1. The molecule has 0 aliphatic carbocycles. The number of aryl methyl sites for hydroxylation is 1. The van der Waals surface area contributed by atoms with Crippen molar-refractivity contribution >= 4 is 0 Å². The van der Waals surface area contributed by atoms with Crippen molar-refractivity contribution in [2.24, 2.45) is 5.73 Å². The van der Waals surface area contributed by atoms with E-state index in [4.69, 9.17) is 5.73 Å². The summed E-state index contributed by atoms with van der Waals surface area (Å²) in [7, 11) is 0. The standard InChI is InChI=1S/C12H17N/c1-3-5-12(9-13)11-7-4-6-10(2)8-11/h3-4,6-8,12H,1,5,9,13H2,2H3. The summed E-state index contributed by atoms with van der Waals surface area (Å²) in [5.74, 6) is 0.428. The van der Waals surface area contributed by atoms with E-state index in [1.54, 1.807) is 0 Å². The van der Waals surface area contributed by atoms with Gasteiger partial charge >= 0.3 is 0 Å². The first kappa shape index (κ1) is 10.0. The third kappa shape index (κ3) is 2.71. The van der Waals surface area contributed by atoms with Gasteiger partial charge in [-0.3, -0.25) is 0 Å². The Morgan fingerprint density at radius 1 is 1.54 bits per heavy atom. The predicted octanol–water partition coefficient (Wildman–Crippen LogP) is 2.61. The number of allylic oxidation sites excluding steroid dienone is 1. The Bertz CT molecular complexity index is 278. The molecule has 1 nitrogen and oxygen atoms in total. The monoisotopic (exact) mass is 175 g/mol. The molecule has 0 saturated heterocycles. The van der Waals surface area contributed by atoms with E-state index in [0.29, 0.717) is 12.5 Å². The molecule has 1 aromatic rings. The van der Waals surface area contributed by atoms with Crippen LogP contribution in [-0.2, 0) is 0 Å². The molecular weight excluding hydrogens is 158 g/mol. The molecule has 1 heteroatoms. The van der Waals surface area contributed by atoms with E-state index in [1.165, 1.54) is 11.1 Å². The maximum absolute atomic E-state index is 5.69. The van der Waals surface area contributed by atoms with Crippen LogP contribution in [-0.4, -0.2) is 6.54 Å². The van der Waals surface area contributed by atoms with Gasteiger partial charge in [-0.25, -0.2) is 0 Å². The zero-order chi connectivity index (χ0) is 9.68. The molecule has 1 unspecified atom stereocenters. The zero-order valence-electron chi connectivity index (χ0n) is 8.16.